The number of nitrogens with zero attached hydrogens (tertiary/aromatic N) is 1. The van der Waals surface area contributed by atoms with Crippen LogP contribution in [0.15, 0.2) is 54.7 Å². The number of fused-ring (bicyclic) bond motifs is 1. The van der Waals surface area contributed by atoms with E-state index in [4.69, 9.17) is 16.3 Å². The maximum absolute atomic E-state index is 6.33. The van der Waals surface area contributed by atoms with Gasteiger partial charge in [-0.05, 0) is 36.2 Å². The van der Waals surface area contributed by atoms with Crippen molar-refractivity contribution < 1.29 is 4.74 Å². The molecule has 0 aliphatic heterocycles. The van der Waals surface area contributed by atoms with Crippen LogP contribution in [0.1, 0.15) is 17.5 Å². The lowest BCUT2D eigenvalue weighted by molar-refractivity contribution is 0.194. The molecule has 0 bridgehead atoms. The number of para-hydroxylation sites is 1. The van der Waals surface area contributed by atoms with Crippen molar-refractivity contribution in [1.82, 2.24) is 9.88 Å². The second-order valence-electron chi connectivity index (χ2n) is 5.91. The lowest BCUT2D eigenvalue weighted by Gasteiger charge is -2.07. The van der Waals surface area contributed by atoms with Gasteiger partial charge in [-0.15, -0.1) is 12.4 Å². The van der Waals surface area contributed by atoms with Gasteiger partial charge in [0, 0.05) is 48.9 Å². The van der Waals surface area contributed by atoms with Crippen molar-refractivity contribution in [2.24, 2.45) is 0 Å². The lowest BCUT2D eigenvalue weighted by Crippen LogP contribution is -2.15. The molecule has 0 radical (unpaired) electrons. The van der Waals surface area contributed by atoms with Crippen molar-refractivity contribution in [3.8, 4) is 0 Å². The second kappa shape index (κ2) is 9.83. The van der Waals surface area contributed by atoms with E-state index in [1.165, 1.54) is 16.5 Å². The molecule has 25 heavy (non-hydrogen) atoms. The minimum absolute atomic E-state index is 0. The number of hydrogen-bond acceptors (Lipinski definition) is 2. The fourth-order valence-corrected chi connectivity index (χ4v) is 3.16. The number of aromatic nitrogens is 1. The first kappa shape index (κ1) is 19.8. The van der Waals surface area contributed by atoms with Gasteiger partial charge < -0.3 is 14.6 Å². The van der Waals surface area contributed by atoms with Crippen LogP contribution < -0.4 is 5.32 Å². The van der Waals surface area contributed by atoms with E-state index in [1.807, 2.05) is 18.2 Å². The van der Waals surface area contributed by atoms with Gasteiger partial charge in [0.1, 0.15) is 0 Å². The Morgan fingerprint density at radius 1 is 1.04 bits per heavy atom. The number of hydrogen-bond donors (Lipinski definition) is 1. The molecule has 2 aromatic carbocycles. The molecule has 0 aliphatic carbocycles. The van der Waals surface area contributed by atoms with E-state index in [1.54, 1.807) is 7.11 Å². The third kappa shape index (κ3) is 4.99. The van der Waals surface area contributed by atoms with Crippen LogP contribution in [0.25, 0.3) is 10.9 Å². The highest BCUT2D eigenvalue weighted by Gasteiger charge is 2.09. The molecule has 1 heterocycles. The summed E-state index contributed by atoms with van der Waals surface area (Å²) in [5, 5.41) is 5.61. The molecule has 3 rings (SSSR count). The number of ether oxygens (including phenoxy) is 1. The van der Waals surface area contributed by atoms with E-state index >= 15 is 0 Å². The normalized spacial score (nSPS) is 10.8. The fraction of sp³-hybridized carbons (Fsp3) is 0.300. The Morgan fingerprint density at radius 2 is 1.80 bits per heavy atom. The summed E-state index contributed by atoms with van der Waals surface area (Å²) >= 11 is 6.33. The predicted octanol–water partition coefficient (Wildman–Crippen LogP) is 4.89. The minimum atomic E-state index is 0. The summed E-state index contributed by atoms with van der Waals surface area (Å²) in [7, 11) is 1.74. The van der Waals surface area contributed by atoms with E-state index < -0.39 is 0 Å². The van der Waals surface area contributed by atoms with Gasteiger partial charge in [-0.1, -0.05) is 48.0 Å². The largest absolute Gasteiger partial charge is 0.385 e. The molecule has 0 saturated heterocycles. The number of benzene rings is 2. The number of halogens is 2. The van der Waals surface area contributed by atoms with Crippen molar-refractivity contribution in [3.63, 3.8) is 0 Å². The topological polar surface area (TPSA) is 26.2 Å². The van der Waals surface area contributed by atoms with E-state index in [0.717, 1.165) is 43.2 Å². The van der Waals surface area contributed by atoms with E-state index in [0.29, 0.717) is 0 Å². The predicted molar refractivity (Wildman–Crippen MR) is 108 cm³/mol. The van der Waals surface area contributed by atoms with Crippen LogP contribution in [0, 0.1) is 0 Å². The molecule has 0 atom stereocenters. The Kier molecular flexibility index (Phi) is 7.79. The first-order chi connectivity index (χ1) is 11.8. The van der Waals surface area contributed by atoms with Crippen molar-refractivity contribution in [2.75, 3.05) is 20.3 Å². The molecule has 1 aromatic heterocycles. The second-order valence-corrected chi connectivity index (χ2v) is 6.32. The van der Waals surface area contributed by atoms with Crippen LogP contribution in [0.5, 0.6) is 0 Å². The summed E-state index contributed by atoms with van der Waals surface area (Å²) in [4.78, 5) is 0. The summed E-state index contributed by atoms with van der Waals surface area (Å²) < 4.78 is 7.37. The molecular formula is C20H24Cl2N2O. The van der Waals surface area contributed by atoms with Gasteiger partial charge in [0.2, 0.25) is 0 Å². The van der Waals surface area contributed by atoms with Crippen LogP contribution in [0.3, 0.4) is 0 Å². The fourth-order valence-electron chi connectivity index (χ4n) is 2.97. The van der Waals surface area contributed by atoms with Gasteiger partial charge in [-0.25, -0.2) is 0 Å². The molecule has 0 saturated carbocycles. The van der Waals surface area contributed by atoms with Crippen molar-refractivity contribution in [3.05, 3.63) is 70.9 Å². The molecule has 0 fully saturated rings. The van der Waals surface area contributed by atoms with E-state index in [2.05, 4.69) is 46.4 Å². The maximum atomic E-state index is 6.33. The number of rotatable bonds is 8. The quantitative estimate of drug-likeness (QED) is 0.564. The molecular weight excluding hydrogens is 355 g/mol. The SMILES string of the molecule is COCCCNCc1cn(Cc2ccccc2Cl)c2ccccc12.Cl. The van der Waals surface area contributed by atoms with Crippen LogP contribution >= 0.6 is 24.0 Å². The van der Waals surface area contributed by atoms with Gasteiger partial charge in [0.15, 0.2) is 0 Å². The summed E-state index contributed by atoms with van der Waals surface area (Å²) in [6, 6.07) is 16.6. The van der Waals surface area contributed by atoms with Crippen molar-refractivity contribution in [2.45, 2.75) is 19.5 Å². The zero-order valence-electron chi connectivity index (χ0n) is 14.4. The highest BCUT2D eigenvalue weighted by molar-refractivity contribution is 6.31. The zero-order chi connectivity index (χ0) is 16.8. The molecule has 3 nitrogen and oxygen atoms in total. The van der Waals surface area contributed by atoms with Crippen LogP contribution in [-0.4, -0.2) is 24.8 Å². The Bertz CT molecular complexity index is 801. The first-order valence-corrected chi connectivity index (χ1v) is 8.67. The Morgan fingerprint density at radius 3 is 2.60 bits per heavy atom. The summed E-state index contributed by atoms with van der Waals surface area (Å²) in [5.74, 6) is 0. The Hall–Kier alpha value is -1.52. The smallest absolute Gasteiger partial charge is 0.0491 e. The third-order valence-corrected chi connectivity index (χ3v) is 4.56. The molecule has 3 aromatic rings. The van der Waals surface area contributed by atoms with Gasteiger partial charge >= 0.3 is 0 Å². The van der Waals surface area contributed by atoms with Gasteiger partial charge in [0.05, 0.1) is 0 Å². The van der Waals surface area contributed by atoms with Crippen molar-refractivity contribution in [1.29, 1.82) is 0 Å². The molecule has 134 valence electrons. The number of nitrogens with one attached hydrogen (secondary N) is 1. The standard InChI is InChI=1S/C20H23ClN2O.ClH/c1-24-12-6-11-22-13-17-15-23(20-10-5-3-8-18(17)20)14-16-7-2-4-9-19(16)21;/h2-5,7-10,15,22H,6,11-14H2,1H3;1H. The minimum Gasteiger partial charge on any atom is -0.385 e. The summed E-state index contributed by atoms with van der Waals surface area (Å²) in [6.45, 7) is 3.39. The van der Waals surface area contributed by atoms with E-state index in [-0.39, 0.29) is 12.4 Å². The molecule has 1 N–H and O–H groups in total. The Balaban J connectivity index is 0.00000225. The first-order valence-electron chi connectivity index (χ1n) is 8.29. The van der Waals surface area contributed by atoms with Gasteiger partial charge in [-0.3, -0.25) is 0 Å². The average Bonchev–Trinajstić information content (AvgIpc) is 2.95. The molecule has 5 heteroatoms. The lowest BCUT2D eigenvalue weighted by atomic mass is 10.2. The third-order valence-electron chi connectivity index (χ3n) is 4.19. The highest BCUT2D eigenvalue weighted by atomic mass is 35.5. The highest BCUT2D eigenvalue weighted by Crippen LogP contribution is 2.24. The van der Waals surface area contributed by atoms with Crippen LogP contribution in [0.2, 0.25) is 5.02 Å². The number of methoxy groups -OCH3 is 1. The average molecular weight is 379 g/mol. The van der Waals surface area contributed by atoms with E-state index in [9.17, 15) is 0 Å². The molecule has 0 spiro atoms. The summed E-state index contributed by atoms with van der Waals surface area (Å²) in [6.07, 6.45) is 3.26. The monoisotopic (exact) mass is 378 g/mol. The summed E-state index contributed by atoms with van der Waals surface area (Å²) in [5.41, 5.74) is 3.70. The molecule has 0 aliphatic rings. The van der Waals surface area contributed by atoms with Crippen molar-refractivity contribution >= 4 is 34.9 Å². The molecule has 0 amide bonds. The van der Waals surface area contributed by atoms with Gasteiger partial charge in [0.25, 0.3) is 0 Å². The van der Waals surface area contributed by atoms with Crippen LogP contribution in [0.4, 0.5) is 0 Å². The zero-order valence-corrected chi connectivity index (χ0v) is 15.9. The molecule has 0 unspecified atom stereocenters. The Labute approximate surface area is 160 Å². The van der Waals surface area contributed by atoms with Gasteiger partial charge in [-0.2, -0.15) is 0 Å². The van der Waals surface area contributed by atoms with Crippen LogP contribution in [-0.2, 0) is 17.8 Å². The maximum Gasteiger partial charge on any atom is 0.0491 e.